The molecule has 198 valence electrons. The number of amides is 1. The molecule has 0 aromatic heterocycles. The van der Waals surface area contributed by atoms with Crippen LogP contribution in [0.5, 0.6) is 0 Å². The number of rotatable bonds is 14. The number of Topliss-reactive ketones (excluding diaryl/α,β-unsaturated/α-hetero) is 3. The molecule has 0 radical (unpaired) electrons. The third-order valence-electron chi connectivity index (χ3n) is 6.64. The number of carbonyl (C=O) groups is 4. The van der Waals surface area contributed by atoms with E-state index < -0.39 is 36.2 Å². The summed E-state index contributed by atoms with van der Waals surface area (Å²) >= 11 is 0. The summed E-state index contributed by atoms with van der Waals surface area (Å²) in [6.45, 7) is 3.13. The molecule has 1 aliphatic rings. The number of guanidine groups is 1. The van der Waals surface area contributed by atoms with Crippen LogP contribution in [-0.2, 0) is 14.4 Å². The van der Waals surface area contributed by atoms with Gasteiger partial charge in [0, 0.05) is 43.3 Å². The van der Waals surface area contributed by atoms with Crippen LogP contribution in [0.15, 0.2) is 29.3 Å². The van der Waals surface area contributed by atoms with Crippen LogP contribution < -0.4 is 11.5 Å². The molecule has 0 unspecified atom stereocenters. The highest BCUT2D eigenvalue weighted by Crippen LogP contribution is 2.28. The molecular weight excluding hydrogens is 470 g/mol. The number of hydrogen-bond donors (Lipinski definition) is 2. The van der Waals surface area contributed by atoms with Gasteiger partial charge in [-0.1, -0.05) is 13.8 Å². The standard InChI is InChI=1S/C26H36F2N4O4/c1-16(2)20(14-22(33)17-7-9-19(28)10-8-17)25(36)32-12-4-6-21(32)23(34)13-18(24(35)15-27)5-3-11-31-26(29)30/h7-10,16,18,20-21H,3-6,11-15H2,1-2H3,(H4,29,30,31)/t18-,20+,21+/m1/s1. The van der Waals surface area contributed by atoms with Crippen molar-refractivity contribution in [2.75, 3.05) is 19.8 Å². The van der Waals surface area contributed by atoms with E-state index in [1.54, 1.807) is 0 Å². The maximum absolute atomic E-state index is 13.5. The molecule has 1 heterocycles. The molecule has 1 amide bonds. The summed E-state index contributed by atoms with van der Waals surface area (Å²) in [5.41, 5.74) is 10.9. The molecule has 4 N–H and O–H groups in total. The average Bonchev–Trinajstić information content (AvgIpc) is 3.33. The zero-order valence-electron chi connectivity index (χ0n) is 20.9. The largest absolute Gasteiger partial charge is 0.370 e. The van der Waals surface area contributed by atoms with E-state index >= 15 is 0 Å². The van der Waals surface area contributed by atoms with Gasteiger partial charge >= 0.3 is 0 Å². The minimum atomic E-state index is -1.17. The number of halogens is 2. The molecular formula is C26H36F2N4O4. The third-order valence-corrected chi connectivity index (χ3v) is 6.64. The van der Waals surface area contributed by atoms with Gasteiger partial charge in [0.25, 0.3) is 0 Å². The van der Waals surface area contributed by atoms with E-state index in [0.29, 0.717) is 31.4 Å². The van der Waals surface area contributed by atoms with Crippen LogP contribution in [0.3, 0.4) is 0 Å². The lowest BCUT2D eigenvalue weighted by Crippen LogP contribution is -2.45. The summed E-state index contributed by atoms with van der Waals surface area (Å²) in [5.74, 6) is -3.70. The second-order valence-electron chi connectivity index (χ2n) is 9.59. The number of benzene rings is 1. The van der Waals surface area contributed by atoms with E-state index in [0.717, 1.165) is 0 Å². The van der Waals surface area contributed by atoms with Crippen molar-refractivity contribution in [2.24, 2.45) is 34.2 Å². The Morgan fingerprint density at radius 2 is 1.78 bits per heavy atom. The Bertz CT molecular complexity index is 961. The maximum atomic E-state index is 13.5. The third kappa shape index (κ3) is 8.20. The molecule has 36 heavy (non-hydrogen) atoms. The van der Waals surface area contributed by atoms with Gasteiger partial charge in [-0.15, -0.1) is 0 Å². The van der Waals surface area contributed by atoms with Crippen molar-refractivity contribution in [3.8, 4) is 0 Å². The predicted molar refractivity (Wildman–Crippen MR) is 132 cm³/mol. The highest BCUT2D eigenvalue weighted by Gasteiger charge is 2.39. The summed E-state index contributed by atoms with van der Waals surface area (Å²) in [5, 5.41) is 0. The predicted octanol–water partition coefficient (Wildman–Crippen LogP) is 2.83. The first kappa shape index (κ1) is 29.1. The molecule has 3 atom stereocenters. The molecule has 1 aromatic rings. The molecule has 8 nitrogen and oxygen atoms in total. The molecule has 1 aliphatic heterocycles. The van der Waals surface area contributed by atoms with E-state index in [4.69, 9.17) is 11.5 Å². The summed E-state index contributed by atoms with van der Waals surface area (Å²) in [6, 6.07) is 4.45. The van der Waals surface area contributed by atoms with Crippen LogP contribution in [0.4, 0.5) is 8.78 Å². The van der Waals surface area contributed by atoms with Crippen LogP contribution >= 0.6 is 0 Å². The molecule has 1 aromatic carbocycles. The van der Waals surface area contributed by atoms with Crippen LogP contribution in [-0.4, -0.2) is 59.9 Å². The molecule has 0 bridgehead atoms. The van der Waals surface area contributed by atoms with Crippen LogP contribution in [0.25, 0.3) is 0 Å². The lowest BCUT2D eigenvalue weighted by Gasteiger charge is -2.30. The molecule has 0 spiro atoms. The van der Waals surface area contributed by atoms with Gasteiger partial charge in [0.1, 0.15) is 12.5 Å². The van der Waals surface area contributed by atoms with Gasteiger partial charge in [-0.3, -0.25) is 24.2 Å². The number of likely N-dealkylation sites (tertiary alicyclic amines) is 1. The van der Waals surface area contributed by atoms with E-state index in [1.807, 2.05) is 13.8 Å². The topological polar surface area (TPSA) is 136 Å². The monoisotopic (exact) mass is 506 g/mol. The smallest absolute Gasteiger partial charge is 0.227 e. The lowest BCUT2D eigenvalue weighted by molar-refractivity contribution is -0.142. The number of aliphatic imine (C=N–C) groups is 1. The fourth-order valence-corrected chi connectivity index (χ4v) is 4.55. The molecule has 1 fully saturated rings. The van der Waals surface area contributed by atoms with Crippen molar-refractivity contribution in [2.45, 2.75) is 58.4 Å². The Hall–Kier alpha value is -3.17. The fraction of sp³-hybridized carbons (Fsp3) is 0.577. The quantitative estimate of drug-likeness (QED) is 0.172. The van der Waals surface area contributed by atoms with Gasteiger partial charge in [-0.25, -0.2) is 8.78 Å². The summed E-state index contributed by atoms with van der Waals surface area (Å²) in [7, 11) is 0. The molecule has 2 rings (SSSR count). The van der Waals surface area contributed by atoms with E-state index in [-0.39, 0.29) is 55.2 Å². The zero-order chi connectivity index (χ0) is 26.8. The Morgan fingerprint density at radius 3 is 2.36 bits per heavy atom. The van der Waals surface area contributed by atoms with Crippen LogP contribution in [0.2, 0.25) is 0 Å². The Labute approximate surface area is 210 Å². The van der Waals surface area contributed by atoms with Crippen molar-refractivity contribution in [1.29, 1.82) is 0 Å². The van der Waals surface area contributed by atoms with Gasteiger partial charge in [-0.2, -0.15) is 0 Å². The van der Waals surface area contributed by atoms with Gasteiger partial charge < -0.3 is 16.4 Å². The first-order chi connectivity index (χ1) is 17.0. The normalized spacial score (nSPS) is 17.0. The summed E-state index contributed by atoms with van der Waals surface area (Å²) < 4.78 is 26.4. The Kier molecular flexibility index (Phi) is 11.1. The maximum Gasteiger partial charge on any atom is 0.227 e. The molecule has 10 heteroatoms. The number of nitrogens with zero attached hydrogens (tertiary/aromatic N) is 2. The number of nitrogens with two attached hydrogens (primary N) is 2. The van der Waals surface area contributed by atoms with E-state index in [9.17, 15) is 28.0 Å². The average molecular weight is 507 g/mol. The Morgan fingerprint density at radius 1 is 1.11 bits per heavy atom. The fourth-order valence-electron chi connectivity index (χ4n) is 4.55. The highest BCUT2D eigenvalue weighted by atomic mass is 19.1. The van der Waals surface area contributed by atoms with Gasteiger partial charge in [0.15, 0.2) is 23.3 Å². The van der Waals surface area contributed by atoms with Crippen molar-refractivity contribution in [3.63, 3.8) is 0 Å². The Balaban J connectivity index is 2.09. The number of ketones is 3. The van der Waals surface area contributed by atoms with Crippen molar-refractivity contribution < 1.29 is 28.0 Å². The molecule has 1 saturated heterocycles. The van der Waals surface area contributed by atoms with Gasteiger partial charge in [-0.05, 0) is 55.9 Å². The van der Waals surface area contributed by atoms with Crippen molar-refractivity contribution in [3.05, 3.63) is 35.6 Å². The van der Waals surface area contributed by atoms with E-state index in [2.05, 4.69) is 4.99 Å². The molecule has 0 aliphatic carbocycles. The van der Waals surface area contributed by atoms with Gasteiger partial charge in [0.2, 0.25) is 5.91 Å². The summed E-state index contributed by atoms with van der Waals surface area (Å²) in [4.78, 5) is 56.9. The number of hydrogen-bond acceptors (Lipinski definition) is 5. The second-order valence-corrected chi connectivity index (χ2v) is 9.59. The number of alkyl halides is 1. The van der Waals surface area contributed by atoms with Crippen molar-refractivity contribution >= 4 is 29.2 Å². The SMILES string of the molecule is CC(C)[C@H](CC(=O)c1ccc(F)cc1)C(=O)N1CCC[C@H]1C(=O)C[C@@H](CCCN=C(N)N)C(=O)CF. The van der Waals surface area contributed by atoms with Crippen LogP contribution in [0.1, 0.15) is 62.7 Å². The van der Waals surface area contributed by atoms with Gasteiger partial charge in [0.05, 0.1) is 6.04 Å². The number of carbonyl (C=O) groups excluding carboxylic acids is 4. The summed E-state index contributed by atoms with van der Waals surface area (Å²) in [6.07, 6.45) is 1.51. The first-order valence-electron chi connectivity index (χ1n) is 12.3. The van der Waals surface area contributed by atoms with Crippen molar-refractivity contribution in [1.82, 2.24) is 4.90 Å². The lowest BCUT2D eigenvalue weighted by atomic mass is 9.86. The van der Waals surface area contributed by atoms with Crippen LogP contribution in [0, 0.1) is 23.6 Å². The minimum Gasteiger partial charge on any atom is -0.370 e. The zero-order valence-corrected chi connectivity index (χ0v) is 20.9. The second kappa shape index (κ2) is 13.8. The minimum absolute atomic E-state index is 0.0622. The first-order valence-corrected chi connectivity index (χ1v) is 12.3. The highest BCUT2D eigenvalue weighted by molar-refractivity contribution is 5.99. The van der Waals surface area contributed by atoms with E-state index in [1.165, 1.54) is 29.2 Å². The molecule has 0 saturated carbocycles.